The highest BCUT2D eigenvalue weighted by Gasteiger charge is 2.31. The lowest BCUT2D eigenvalue weighted by Crippen LogP contribution is -2.56. The van der Waals surface area contributed by atoms with Crippen molar-refractivity contribution in [2.45, 2.75) is 74.4 Å². The first kappa shape index (κ1) is 35.8. The zero-order valence-electron chi connectivity index (χ0n) is 26.7. The molecule has 5 rings (SSSR count). The Hall–Kier alpha value is -4.54. The number of rotatable bonds is 17. The summed E-state index contributed by atoms with van der Waals surface area (Å²) < 4.78 is 47.6. The largest absolute Gasteiger partial charge is 0.363 e. The summed E-state index contributed by atoms with van der Waals surface area (Å²) in [7, 11) is -4.30. The van der Waals surface area contributed by atoms with Gasteiger partial charge in [0.05, 0.1) is 10.6 Å². The maximum atomic E-state index is 13.9. The molecule has 1 aliphatic rings. The predicted octanol–water partition coefficient (Wildman–Crippen LogP) is 2.51. The lowest BCUT2D eigenvalue weighted by atomic mass is 9.92. The molecule has 0 bridgehead atoms. The van der Waals surface area contributed by atoms with E-state index in [-0.39, 0.29) is 29.7 Å². The zero-order valence-corrected chi connectivity index (χ0v) is 28.4. The molecule has 0 radical (unpaired) electrons. The molecule has 0 saturated heterocycles. The van der Waals surface area contributed by atoms with Crippen LogP contribution in [0, 0.1) is 5.82 Å². The van der Waals surface area contributed by atoms with Crippen LogP contribution in [0.15, 0.2) is 75.0 Å². The molecule has 1 aliphatic carbocycles. The SMILES string of the molecule is O=C(NC1CCC1)[C@H](Cc1c[nH]c2ccccc12)NC(=O)[C@H](CCCCNC(=S)NCCc1cc(=O)o[nH]1)NS(=O)(=O)c1cccc(F)c1. The van der Waals surface area contributed by atoms with Crippen LogP contribution in [0.25, 0.3) is 10.9 Å². The molecule has 16 heteroatoms. The number of hydrogen-bond acceptors (Lipinski definition) is 7. The molecule has 2 atom stereocenters. The van der Waals surface area contributed by atoms with Crippen LogP contribution in [0.2, 0.25) is 0 Å². The van der Waals surface area contributed by atoms with E-state index in [1.807, 2.05) is 24.3 Å². The number of sulfonamides is 1. The van der Waals surface area contributed by atoms with Crippen LogP contribution in [0.1, 0.15) is 49.8 Å². The fourth-order valence-electron chi connectivity index (χ4n) is 5.48. The first-order chi connectivity index (χ1) is 23.6. The second kappa shape index (κ2) is 16.7. The number of aromatic nitrogens is 2. The van der Waals surface area contributed by atoms with Gasteiger partial charge in [-0.3, -0.25) is 9.59 Å². The summed E-state index contributed by atoms with van der Waals surface area (Å²) in [5, 5.41) is 15.7. The van der Waals surface area contributed by atoms with Gasteiger partial charge in [0.15, 0.2) is 5.11 Å². The van der Waals surface area contributed by atoms with Crippen LogP contribution in [-0.2, 0) is 32.5 Å². The summed E-state index contributed by atoms with van der Waals surface area (Å²) in [5.41, 5.74) is 1.90. The van der Waals surface area contributed by atoms with Crippen LogP contribution in [0.5, 0.6) is 0 Å². The first-order valence-electron chi connectivity index (χ1n) is 16.2. The second-order valence-corrected chi connectivity index (χ2v) is 14.1. The molecule has 7 N–H and O–H groups in total. The van der Waals surface area contributed by atoms with E-state index in [0.717, 1.165) is 47.9 Å². The van der Waals surface area contributed by atoms with Gasteiger partial charge in [-0.05, 0) is 80.6 Å². The van der Waals surface area contributed by atoms with Gasteiger partial charge in [-0.1, -0.05) is 24.3 Å². The molecular weight excluding hydrogens is 674 g/mol. The van der Waals surface area contributed by atoms with E-state index in [1.165, 1.54) is 18.2 Å². The van der Waals surface area contributed by atoms with Gasteiger partial charge < -0.3 is 30.8 Å². The van der Waals surface area contributed by atoms with E-state index < -0.39 is 39.5 Å². The highest BCUT2D eigenvalue weighted by molar-refractivity contribution is 7.89. The molecular formula is C33H40FN7O6S2. The Morgan fingerprint density at radius 3 is 2.53 bits per heavy atom. The van der Waals surface area contributed by atoms with Crippen LogP contribution < -0.4 is 31.6 Å². The number of carbonyl (C=O) groups excluding carboxylic acids is 2. The molecule has 0 unspecified atom stereocenters. The summed E-state index contributed by atoms with van der Waals surface area (Å²) in [4.78, 5) is 41.3. The van der Waals surface area contributed by atoms with Crippen molar-refractivity contribution in [3.05, 3.63) is 88.3 Å². The topological polar surface area (TPSA) is 190 Å². The zero-order chi connectivity index (χ0) is 34.8. The second-order valence-electron chi connectivity index (χ2n) is 12.0. The van der Waals surface area contributed by atoms with E-state index >= 15 is 0 Å². The van der Waals surface area contributed by atoms with Crippen LogP contribution in [0.4, 0.5) is 4.39 Å². The molecule has 1 fully saturated rings. The van der Waals surface area contributed by atoms with Gasteiger partial charge in [-0.15, -0.1) is 0 Å². The van der Waals surface area contributed by atoms with Crippen molar-refractivity contribution < 1.29 is 26.9 Å². The third-order valence-electron chi connectivity index (χ3n) is 8.36. The highest BCUT2D eigenvalue weighted by Crippen LogP contribution is 2.21. The Morgan fingerprint density at radius 1 is 1.00 bits per heavy atom. The number of para-hydroxylation sites is 1. The number of fused-ring (bicyclic) bond motifs is 1. The minimum atomic E-state index is -4.30. The van der Waals surface area contributed by atoms with Gasteiger partial charge in [-0.2, -0.15) is 4.72 Å². The van der Waals surface area contributed by atoms with Crippen molar-refractivity contribution in [1.82, 2.24) is 36.1 Å². The number of H-pyrrole nitrogens is 2. The van der Waals surface area contributed by atoms with E-state index in [1.54, 1.807) is 6.20 Å². The van der Waals surface area contributed by atoms with E-state index in [2.05, 4.69) is 40.7 Å². The van der Waals surface area contributed by atoms with Gasteiger partial charge in [0, 0.05) is 55.1 Å². The van der Waals surface area contributed by atoms with Crippen molar-refractivity contribution in [2.75, 3.05) is 13.1 Å². The summed E-state index contributed by atoms with van der Waals surface area (Å²) in [5.74, 6) is -1.75. The molecule has 49 heavy (non-hydrogen) atoms. The molecule has 0 aliphatic heterocycles. The average Bonchev–Trinajstić information content (AvgIpc) is 3.67. The number of carbonyl (C=O) groups is 2. The monoisotopic (exact) mass is 713 g/mol. The number of unbranched alkanes of at least 4 members (excludes halogenated alkanes) is 1. The lowest BCUT2D eigenvalue weighted by molar-refractivity contribution is -0.130. The Labute approximate surface area is 288 Å². The molecule has 13 nitrogen and oxygen atoms in total. The highest BCUT2D eigenvalue weighted by atomic mass is 32.2. The summed E-state index contributed by atoms with van der Waals surface area (Å²) in [6, 6.07) is 11.3. The van der Waals surface area contributed by atoms with Gasteiger partial charge in [0.25, 0.3) is 0 Å². The first-order valence-corrected chi connectivity index (χ1v) is 18.1. The molecule has 0 spiro atoms. The average molecular weight is 714 g/mol. The molecule has 4 aromatic rings. The number of thiocarbonyl (C=S) groups is 1. The summed E-state index contributed by atoms with van der Waals surface area (Å²) in [6.45, 7) is 0.895. The van der Waals surface area contributed by atoms with Crippen LogP contribution >= 0.6 is 12.2 Å². The van der Waals surface area contributed by atoms with Crippen molar-refractivity contribution in [3.63, 3.8) is 0 Å². The van der Waals surface area contributed by atoms with E-state index in [4.69, 9.17) is 12.2 Å². The summed E-state index contributed by atoms with van der Waals surface area (Å²) >= 11 is 5.30. The minimum absolute atomic E-state index is 0.0277. The molecule has 262 valence electrons. The van der Waals surface area contributed by atoms with Gasteiger partial charge in [-0.25, -0.2) is 22.8 Å². The smallest absolute Gasteiger partial charge is 0.357 e. The Morgan fingerprint density at radius 2 is 1.80 bits per heavy atom. The summed E-state index contributed by atoms with van der Waals surface area (Å²) in [6.07, 6.45) is 6.24. The normalized spacial score (nSPS) is 14.5. The van der Waals surface area contributed by atoms with Crippen molar-refractivity contribution in [2.24, 2.45) is 0 Å². The fourth-order valence-corrected chi connectivity index (χ4v) is 6.94. The fraction of sp³-hybridized carbons (Fsp3) is 0.394. The standard InChI is InChI=1S/C33H40FN7O6S2/c34-22-7-5-10-25(18-22)49(45,46)41-28(13-3-4-15-35-33(48)36-16-14-24-19-30(42)47-40-24)31(43)39-29(32(44)38-23-8-6-9-23)17-21-20-37-27-12-2-1-11-26(21)27/h1-2,5,7,10-12,18-20,23,28-29,37,40-41H,3-4,6,8-9,13-17H2,(H,38,44)(H,39,43)(H2,35,36,48)/t28-,29-/m0/s1. The number of aromatic amines is 2. The third-order valence-corrected chi connectivity index (χ3v) is 10.1. The number of halogens is 1. The third kappa shape index (κ3) is 10.2. The maximum absolute atomic E-state index is 13.9. The van der Waals surface area contributed by atoms with Crippen molar-refractivity contribution in [3.8, 4) is 0 Å². The van der Waals surface area contributed by atoms with Gasteiger partial charge in [0.1, 0.15) is 17.9 Å². The number of benzene rings is 2. The van der Waals surface area contributed by atoms with Gasteiger partial charge in [0.2, 0.25) is 21.8 Å². The van der Waals surface area contributed by atoms with Crippen molar-refractivity contribution in [1.29, 1.82) is 0 Å². The minimum Gasteiger partial charge on any atom is -0.363 e. The molecule has 1 saturated carbocycles. The Bertz CT molecular complexity index is 1920. The molecule has 2 aromatic heterocycles. The maximum Gasteiger partial charge on any atom is 0.357 e. The molecule has 2 amide bonds. The Kier molecular flexibility index (Phi) is 12.2. The lowest BCUT2D eigenvalue weighted by Gasteiger charge is -2.29. The van der Waals surface area contributed by atoms with E-state index in [9.17, 15) is 27.2 Å². The number of hydrogen-bond donors (Lipinski definition) is 7. The Balaban J connectivity index is 1.23. The number of nitrogens with one attached hydrogen (secondary N) is 7. The van der Waals surface area contributed by atoms with Crippen LogP contribution in [-0.4, -0.2) is 66.7 Å². The van der Waals surface area contributed by atoms with E-state index in [0.29, 0.717) is 43.2 Å². The van der Waals surface area contributed by atoms with Crippen LogP contribution in [0.3, 0.4) is 0 Å². The molecule has 2 aromatic carbocycles. The van der Waals surface area contributed by atoms with Gasteiger partial charge >= 0.3 is 5.63 Å². The predicted molar refractivity (Wildman–Crippen MR) is 186 cm³/mol. The quantitative estimate of drug-likeness (QED) is 0.0637. The molecule has 2 heterocycles. The number of amides is 2. The van der Waals surface area contributed by atoms with Crippen molar-refractivity contribution >= 4 is 50.1 Å².